The highest BCUT2D eigenvalue weighted by molar-refractivity contribution is 7.00. The van der Waals surface area contributed by atoms with E-state index in [0.29, 0.717) is 0 Å². The number of rotatable bonds is 2. The molecule has 0 atom stereocenters. The van der Waals surface area contributed by atoms with Crippen LogP contribution in [-0.2, 0) is 0 Å². The smallest absolute Gasteiger partial charge is 0.246 e. The first kappa shape index (κ1) is 28.1. The third kappa shape index (κ3) is 3.66. The van der Waals surface area contributed by atoms with Crippen LogP contribution in [0.25, 0.3) is 55.0 Å². The lowest BCUT2D eigenvalue weighted by molar-refractivity contribution is 1.16. The Morgan fingerprint density at radius 2 is 0.760 bits per heavy atom. The van der Waals surface area contributed by atoms with Gasteiger partial charge in [-0.15, -0.1) is 0 Å². The fourth-order valence-corrected chi connectivity index (χ4v) is 9.63. The Morgan fingerprint density at radius 1 is 0.360 bits per heavy atom. The Kier molecular flexibility index (Phi) is 5.58. The van der Waals surface area contributed by atoms with Crippen LogP contribution in [0.15, 0.2) is 133 Å². The van der Waals surface area contributed by atoms with Crippen molar-refractivity contribution < 1.29 is 0 Å². The molecule has 0 bridgehead atoms. The maximum absolute atomic E-state index is 2.59. The molecule has 4 heterocycles. The lowest BCUT2D eigenvalue weighted by Crippen LogP contribution is -2.59. The molecule has 9 aromatic rings. The first-order chi connectivity index (χ1) is 24.4. The highest BCUT2D eigenvalue weighted by atomic mass is 15.0. The van der Waals surface area contributed by atoms with Gasteiger partial charge in [0.15, 0.2) is 0 Å². The molecule has 0 unspecified atom stereocenters. The van der Waals surface area contributed by atoms with Gasteiger partial charge in [-0.25, -0.2) is 0 Å². The van der Waals surface area contributed by atoms with Crippen LogP contribution in [0.4, 0.5) is 0 Å². The number of hydrogen-bond donors (Lipinski definition) is 0. The molecule has 2 aliphatic rings. The fourth-order valence-electron chi connectivity index (χ4n) is 9.63. The second-order valence-electron chi connectivity index (χ2n) is 14.9. The molecule has 2 aromatic heterocycles. The lowest BCUT2D eigenvalue weighted by Gasteiger charge is -2.33. The van der Waals surface area contributed by atoms with Crippen molar-refractivity contribution in [2.45, 2.75) is 27.7 Å². The van der Waals surface area contributed by atoms with Crippen LogP contribution in [0, 0.1) is 27.7 Å². The summed E-state index contributed by atoms with van der Waals surface area (Å²) in [4.78, 5) is 0. The zero-order chi connectivity index (χ0) is 33.4. The molecule has 50 heavy (non-hydrogen) atoms. The van der Waals surface area contributed by atoms with Crippen LogP contribution >= 0.6 is 0 Å². The van der Waals surface area contributed by atoms with E-state index in [1.165, 1.54) is 110 Å². The summed E-state index contributed by atoms with van der Waals surface area (Å²) >= 11 is 0. The fraction of sp³-hybridized carbons (Fsp3) is 0.0870. The molecule has 234 valence electrons. The number of aromatic nitrogens is 2. The second-order valence-corrected chi connectivity index (χ2v) is 14.9. The van der Waals surface area contributed by atoms with Crippen molar-refractivity contribution in [3.63, 3.8) is 0 Å². The van der Waals surface area contributed by atoms with Crippen molar-refractivity contribution in [1.82, 2.24) is 9.13 Å². The first-order valence-electron chi connectivity index (χ1n) is 17.8. The molecule has 0 fully saturated rings. The van der Waals surface area contributed by atoms with Gasteiger partial charge in [0.1, 0.15) is 0 Å². The molecular formula is C46H34B2N2. The average molecular weight is 636 g/mol. The van der Waals surface area contributed by atoms with Crippen molar-refractivity contribution in [1.29, 1.82) is 0 Å². The molecule has 0 aliphatic carbocycles. The van der Waals surface area contributed by atoms with Gasteiger partial charge in [-0.1, -0.05) is 118 Å². The SMILES string of the molecule is Cc1ccc2c(c1)c1cc(C)cc3c1n2-c1cc2c(cc1B3c1ccccc1)-n1c3ccc(C)cc3c3cc(C)cc(c31)B2c1ccccc1. The predicted molar refractivity (Wildman–Crippen MR) is 216 cm³/mol. The molecule has 2 nitrogen and oxygen atoms in total. The zero-order valence-electron chi connectivity index (χ0n) is 28.8. The van der Waals surface area contributed by atoms with Gasteiger partial charge in [-0.05, 0) is 98.1 Å². The summed E-state index contributed by atoms with van der Waals surface area (Å²) in [5.74, 6) is 0. The van der Waals surface area contributed by atoms with E-state index in [2.05, 4.69) is 170 Å². The summed E-state index contributed by atoms with van der Waals surface area (Å²) in [5.41, 5.74) is 21.1. The highest BCUT2D eigenvalue weighted by Crippen LogP contribution is 2.38. The van der Waals surface area contributed by atoms with Gasteiger partial charge >= 0.3 is 0 Å². The first-order valence-corrected chi connectivity index (χ1v) is 17.8. The Labute approximate surface area is 292 Å². The van der Waals surface area contributed by atoms with Crippen molar-refractivity contribution in [3.8, 4) is 11.4 Å². The molecule has 0 saturated heterocycles. The van der Waals surface area contributed by atoms with E-state index in [1.807, 2.05) is 0 Å². The minimum Gasteiger partial charge on any atom is -0.310 e. The van der Waals surface area contributed by atoms with Crippen LogP contribution in [0.2, 0.25) is 0 Å². The van der Waals surface area contributed by atoms with Gasteiger partial charge in [0.2, 0.25) is 13.4 Å². The number of hydrogen-bond acceptors (Lipinski definition) is 0. The van der Waals surface area contributed by atoms with Gasteiger partial charge in [0.05, 0.1) is 11.0 Å². The van der Waals surface area contributed by atoms with Gasteiger partial charge in [0, 0.05) is 44.0 Å². The Balaban J connectivity index is 1.35. The molecule has 0 spiro atoms. The quantitative estimate of drug-likeness (QED) is 0.186. The normalized spacial score (nSPS) is 13.1. The molecule has 7 aromatic carbocycles. The average Bonchev–Trinajstić information content (AvgIpc) is 3.61. The van der Waals surface area contributed by atoms with Gasteiger partial charge in [-0.2, -0.15) is 0 Å². The maximum atomic E-state index is 2.59. The topological polar surface area (TPSA) is 9.86 Å². The van der Waals surface area contributed by atoms with Crippen LogP contribution < -0.4 is 32.8 Å². The predicted octanol–water partition coefficient (Wildman–Crippen LogP) is 6.77. The highest BCUT2D eigenvalue weighted by Gasteiger charge is 2.39. The van der Waals surface area contributed by atoms with Crippen LogP contribution in [0.3, 0.4) is 0 Å². The molecular weight excluding hydrogens is 602 g/mol. The molecule has 4 heteroatoms. The monoisotopic (exact) mass is 636 g/mol. The number of nitrogens with zero attached hydrogens (tertiary/aromatic N) is 2. The van der Waals surface area contributed by atoms with Crippen LogP contribution in [-0.4, -0.2) is 22.6 Å². The lowest BCUT2D eigenvalue weighted by atomic mass is 9.33. The molecule has 0 saturated carbocycles. The maximum Gasteiger partial charge on any atom is 0.246 e. The molecule has 0 amide bonds. The largest absolute Gasteiger partial charge is 0.310 e. The summed E-state index contributed by atoms with van der Waals surface area (Å²) < 4.78 is 5.18. The summed E-state index contributed by atoms with van der Waals surface area (Å²) in [7, 11) is 0. The van der Waals surface area contributed by atoms with Gasteiger partial charge in [-0.3, -0.25) is 0 Å². The van der Waals surface area contributed by atoms with Gasteiger partial charge < -0.3 is 9.13 Å². The number of benzene rings is 7. The summed E-state index contributed by atoms with van der Waals surface area (Å²) in [6, 6.07) is 51.2. The standard InChI is InChI=1S/C46H34B2N2/c1-27-15-17-41-33(19-27)35-21-29(3)23-39-45(35)49(41)43-25-38-44(26-37(43)47(39)31-11-7-5-8-12-31)50-42-18-16-28(2)20-34(42)36-22-30(4)24-40(46(36)50)48(38)32-13-9-6-10-14-32/h5-26H,1-4H3. The van der Waals surface area contributed by atoms with E-state index in [9.17, 15) is 0 Å². The van der Waals surface area contributed by atoms with E-state index in [0.717, 1.165) is 0 Å². The van der Waals surface area contributed by atoms with E-state index in [4.69, 9.17) is 0 Å². The molecule has 2 aliphatic heterocycles. The van der Waals surface area contributed by atoms with Crippen molar-refractivity contribution >= 4 is 89.8 Å². The van der Waals surface area contributed by atoms with Crippen LogP contribution in [0.5, 0.6) is 0 Å². The third-order valence-electron chi connectivity index (χ3n) is 11.5. The minimum atomic E-state index is 0.103. The van der Waals surface area contributed by atoms with Crippen LogP contribution in [0.1, 0.15) is 22.3 Å². The summed E-state index contributed by atoms with van der Waals surface area (Å²) in [6.45, 7) is 9.14. The molecule has 0 N–H and O–H groups in total. The van der Waals surface area contributed by atoms with Crippen molar-refractivity contribution in [2.24, 2.45) is 0 Å². The minimum absolute atomic E-state index is 0.103. The Bertz CT molecular complexity index is 2710. The van der Waals surface area contributed by atoms with E-state index in [1.54, 1.807) is 0 Å². The Morgan fingerprint density at radius 3 is 1.18 bits per heavy atom. The third-order valence-corrected chi connectivity index (χ3v) is 11.5. The zero-order valence-corrected chi connectivity index (χ0v) is 28.8. The van der Waals surface area contributed by atoms with Crippen molar-refractivity contribution in [2.75, 3.05) is 0 Å². The number of fused-ring (bicyclic) bond motifs is 10. The Hall–Kier alpha value is -5.73. The molecule has 0 radical (unpaired) electrons. The molecule has 11 rings (SSSR count). The van der Waals surface area contributed by atoms with E-state index < -0.39 is 0 Å². The van der Waals surface area contributed by atoms with E-state index >= 15 is 0 Å². The number of aryl methyl sites for hydroxylation is 4. The second kappa shape index (κ2) is 9.92. The van der Waals surface area contributed by atoms with Gasteiger partial charge in [0.25, 0.3) is 0 Å². The summed E-state index contributed by atoms with van der Waals surface area (Å²) in [5, 5.41) is 5.35. The summed E-state index contributed by atoms with van der Waals surface area (Å²) in [6.07, 6.45) is 0. The van der Waals surface area contributed by atoms with E-state index in [-0.39, 0.29) is 13.4 Å². The van der Waals surface area contributed by atoms with Crippen molar-refractivity contribution in [3.05, 3.63) is 156 Å².